The summed E-state index contributed by atoms with van der Waals surface area (Å²) in [6.45, 7) is 0.656. The highest BCUT2D eigenvalue weighted by Crippen LogP contribution is 2.67. The van der Waals surface area contributed by atoms with Crippen molar-refractivity contribution in [2.45, 2.75) is 62.9 Å². The molecule has 1 N–H and O–H groups in total. The topological polar surface area (TPSA) is 49.4 Å². The average molecular weight is 288 g/mol. The van der Waals surface area contributed by atoms with Crippen LogP contribution >= 0.6 is 0 Å². The highest BCUT2D eigenvalue weighted by atomic mass is 16.2. The molecule has 21 heavy (non-hydrogen) atoms. The van der Waals surface area contributed by atoms with E-state index >= 15 is 0 Å². The molecule has 4 atom stereocenters. The van der Waals surface area contributed by atoms with Crippen LogP contribution in [0.3, 0.4) is 0 Å². The monoisotopic (exact) mass is 288 g/mol. The summed E-state index contributed by atoms with van der Waals surface area (Å²) in [4.78, 5) is 27.4. The van der Waals surface area contributed by atoms with Gasteiger partial charge in [-0.05, 0) is 55.8 Å². The second-order valence-corrected chi connectivity index (χ2v) is 8.06. The molecule has 4 heteroatoms. The molecule has 1 spiro atoms. The van der Waals surface area contributed by atoms with E-state index in [1.165, 1.54) is 19.3 Å². The minimum absolute atomic E-state index is 0.0848. The maximum Gasteiger partial charge on any atom is 0.248 e. The molecule has 2 bridgehead atoms. The Morgan fingerprint density at radius 3 is 2.38 bits per heavy atom. The van der Waals surface area contributed by atoms with Crippen molar-refractivity contribution in [3.05, 3.63) is 0 Å². The molecule has 4 unspecified atom stereocenters. The Morgan fingerprint density at radius 2 is 1.71 bits per heavy atom. The SMILES string of the molecule is O=C1CCN(C2C3C4CCC(C4)C32)C(=O)C2(CCCC2)N1. The number of hydrogen-bond acceptors (Lipinski definition) is 2. The van der Waals surface area contributed by atoms with Crippen molar-refractivity contribution in [1.29, 1.82) is 0 Å². The quantitative estimate of drug-likeness (QED) is 0.798. The van der Waals surface area contributed by atoms with Crippen molar-refractivity contribution in [3.63, 3.8) is 0 Å². The zero-order chi connectivity index (χ0) is 14.2. The summed E-state index contributed by atoms with van der Waals surface area (Å²) < 4.78 is 0. The first-order chi connectivity index (χ1) is 10.2. The first kappa shape index (κ1) is 12.5. The van der Waals surface area contributed by atoms with Crippen molar-refractivity contribution in [2.24, 2.45) is 23.7 Å². The van der Waals surface area contributed by atoms with Crippen molar-refractivity contribution < 1.29 is 9.59 Å². The molecule has 0 aromatic heterocycles. The Balaban J connectivity index is 1.44. The number of nitrogens with zero attached hydrogens (tertiary/aromatic N) is 1. The van der Waals surface area contributed by atoms with E-state index in [1.54, 1.807) is 0 Å². The fourth-order valence-electron chi connectivity index (χ4n) is 6.28. The number of carbonyl (C=O) groups excluding carboxylic acids is 2. The fraction of sp³-hybridized carbons (Fsp3) is 0.882. The predicted octanol–water partition coefficient (Wildman–Crippen LogP) is 1.69. The van der Waals surface area contributed by atoms with Crippen LogP contribution in [-0.2, 0) is 9.59 Å². The molecule has 0 radical (unpaired) electrons. The van der Waals surface area contributed by atoms with Crippen LogP contribution in [0.25, 0.3) is 0 Å². The second-order valence-electron chi connectivity index (χ2n) is 8.06. The van der Waals surface area contributed by atoms with E-state index in [0.717, 1.165) is 49.4 Å². The third-order valence-corrected chi connectivity index (χ3v) is 7.14. The molecule has 114 valence electrons. The summed E-state index contributed by atoms with van der Waals surface area (Å²) in [5, 5.41) is 3.09. The van der Waals surface area contributed by atoms with Gasteiger partial charge < -0.3 is 10.2 Å². The third-order valence-electron chi connectivity index (χ3n) is 7.14. The molecule has 4 saturated carbocycles. The molecule has 0 aromatic carbocycles. The number of hydrogen-bond donors (Lipinski definition) is 1. The van der Waals surface area contributed by atoms with Gasteiger partial charge in [0.05, 0.1) is 0 Å². The lowest BCUT2D eigenvalue weighted by atomic mass is 9.95. The molecule has 5 fully saturated rings. The normalized spacial score (nSPS) is 46.7. The fourth-order valence-corrected chi connectivity index (χ4v) is 6.28. The van der Waals surface area contributed by atoms with Gasteiger partial charge in [0.2, 0.25) is 11.8 Å². The van der Waals surface area contributed by atoms with Crippen molar-refractivity contribution in [3.8, 4) is 0 Å². The second kappa shape index (κ2) is 4.02. The first-order valence-corrected chi connectivity index (χ1v) is 8.82. The minimum atomic E-state index is -0.538. The number of amides is 2. The van der Waals surface area contributed by atoms with Crippen LogP contribution in [0, 0.1) is 23.7 Å². The molecule has 4 nitrogen and oxygen atoms in total. The highest BCUT2D eigenvalue weighted by molar-refractivity contribution is 5.94. The summed E-state index contributed by atoms with van der Waals surface area (Å²) in [7, 11) is 0. The average Bonchev–Trinajstić information content (AvgIpc) is 2.85. The van der Waals surface area contributed by atoms with Crippen LogP contribution in [0.15, 0.2) is 0 Å². The number of carbonyl (C=O) groups is 2. The van der Waals surface area contributed by atoms with Crippen LogP contribution < -0.4 is 5.32 Å². The molecule has 1 heterocycles. The number of nitrogens with one attached hydrogen (secondary N) is 1. The Labute approximate surface area is 125 Å². The van der Waals surface area contributed by atoms with Crippen LogP contribution in [0.4, 0.5) is 0 Å². The van der Waals surface area contributed by atoms with E-state index in [2.05, 4.69) is 10.2 Å². The minimum Gasteiger partial charge on any atom is -0.342 e. The van der Waals surface area contributed by atoms with E-state index in [4.69, 9.17) is 0 Å². The van der Waals surface area contributed by atoms with Crippen LogP contribution in [-0.4, -0.2) is 34.8 Å². The molecule has 5 aliphatic rings. The van der Waals surface area contributed by atoms with Crippen molar-refractivity contribution >= 4 is 11.8 Å². The third kappa shape index (κ3) is 1.56. The number of rotatable bonds is 1. The molecule has 1 aliphatic heterocycles. The van der Waals surface area contributed by atoms with Crippen molar-refractivity contribution in [1.82, 2.24) is 10.2 Å². The van der Waals surface area contributed by atoms with Gasteiger partial charge in [0.25, 0.3) is 0 Å². The standard InChI is InChI=1S/C17H24N2O2/c20-12-5-8-19(16(21)17(18-12)6-1-2-7-17)15-13-10-3-4-11(9-10)14(13)15/h10-11,13-15H,1-9H2,(H,18,20). The molecular weight excluding hydrogens is 264 g/mol. The molecule has 1 saturated heterocycles. The molecular formula is C17H24N2O2. The largest absolute Gasteiger partial charge is 0.342 e. The Kier molecular flexibility index (Phi) is 2.39. The van der Waals surface area contributed by atoms with E-state index in [0.29, 0.717) is 19.0 Å². The van der Waals surface area contributed by atoms with Gasteiger partial charge in [-0.15, -0.1) is 0 Å². The zero-order valence-corrected chi connectivity index (χ0v) is 12.5. The summed E-state index contributed by atoms with van der Waals surface area (Å²) in [6.07, 6.45) is 8.52. The summed E-state index contributed by atoms with van der Waals surface area (Å²) >= 11 is 0. The summed E-state index contributed by atoms with van der Waals surface area (Å²) in [5.41, 5.74) is -0.538. The number of fused-ring (bicyclic) bond motifs is 5. The van der Waals surface area contributed by atoms with Gasteiger partial charge >= 0.3 is 0 Å². The summed E-state index contributed by atoms with van der Waals surface area (Å²) in [6, 6.07) is 0.480. The first-order valence-electron chi connectivity index (χ1n) is 8.82. The van der Waals surface area contributed by atoms with Gasteiger partial charge in [-0.25, -0.2) is 0 Å². The van der Waals surface area contributed by atoms with Crippen molar-refractivity contribution in [2.75, 3.05) is 6.54 Å². The van der Waals surface area contributed by atoms with Gasteiger partial charge in [-0.3, -0.25) is 9.59 Å². The van der Waals surface area contributed by atoms with Gasteiger partial charge in [0, 0.05) is 19.0 Å². The molecule has 0 aromatic rings. The summed E-state index contributed by atoms with van der Waals surface area (Å²) in [5.74, 6) is 3.65. The lowest BCUT2D eigenvalue weighted by Crippen LogP contribution is -2.56. The van der Waals surface area contributed by atoms with Crippen LogP contribution in [0.2, 0.25) is 0 Å². The van der Waals surface area contributed by atoms with Gasteiger partial charge in [0.1, 0.15) is 5.54 Å². The Morgan fingerprint density at radius 1 is 1.05 bits per heavy atom. The van der Waals surface area contributed by atoms with Crippen LogP contribution in [0.5, 0.6) is 0 Å². The van der Waals surface area contributed by atoms with Gasteiger partial charge in [0.15, 0.2) is 0 Å². The van der Waals surface area contributed by atoms with Gasteiger partial charge in [-0.1, -0.05) is 12.8 Å². The van der Waals surface area contributed by atoms with E-state index in [1.807, 2.05) is 0 Å². The molecule has 5 rings (SSSR count). The predicted molar refractivity (Wildman–Crippen MR) is 77.3 cm³/mol. The Bertz CT molecular complexity index is 495. The lowest BCUT2D eigenvalue weighted by molar-refractivity contribution is -0.139. The maximum absolute atomic E-state index is 13.2. The van der Waals surface area contributed by atoms with Crippen LogP contribution in [0.1, 0.15) is 51.4 Å². The molecule has 2 amide bonds. The zero-order valence-electron chi connectivity index (χ0n) is 12.5. The van der Waals surface area contributed by atoms with Gasteiger partial charge in [-0.2, -0.15) is 0 Å². The van der Waals surface area contributed by atoms with E-state index in [-0.39, 0.29) is 11.8 Å². The maximum atomic E-state index is 13.2. The van der Waals surface area contributed by atoms with E-state index < -0.39 is 5.54 Å². The highest BCUT2D eigenvalue weighted by Gasteiger charge is 2.68. The lowest BCUT2D eigenvalue weighted by Gasteiger charge is -2.33. The molecule has 4 aliphatic carbocycles. The Hall–Kier alpha value is -1.06. The van der Waals surface area contributed by atoms with E-state index in [9.17, 15) is 9.59 Å². The smallest absolute Gasteiger partial charge is 0.248 e.